The molecule has 0 aromatic carbocycles. The van der Waals surface area contributed by atoms with Gasteiger partial charge in [-0.25, -0.2) is 0 Å². The van der Waals surface area contributed by atoms with Crippen LogP contribution in [-0.4, -0.2) is 39.6 Å². The number of carbonyl (C=O) groups is 2. The van der Waals surface area contributed by atoms with Gasteiger partial charge in [-0.3, -0.25) is 9.59 Å². The first-order valence-electron chi connectivity index (χ1n) is 5.72. The van der Waals surface area contributed by atoms with Crippen molar-refractivity contribution in [3.63, 3.8) is 0 Å². The average molecular weight is 320 g/mol. The number of primary amides is 1. The Morgan fingerprint density at radius 2 is 2.11 bits per heavy atom. The monoisotopic (exact) mass is 320 g/mol. The van der Waals surface area contributed by atoms with Crippen LogP contribution in [0, 0.1) is 0 Å². The first-order chi connectivity index (χ1) is 9.02. The Morgan fingerprint density at radius 3 is 2.74 bits per heavy atom. The molecule has 6 nitrogen and oxygen atoms in total. The lowest BCUT2D eigenvalue weighted by atomic mass is 10.5. The topological polar surface area (TPSA) is 98.0 Å². The van der Waals surface area contributed by atoms with E-state index < -0.39 is 0 Å². The van der Waals surface area contributed by atoms with Crippen LogP contribution in [0.4, 0.5) is 0 Å². The first kappa shape index (κ1) is 16.3. The molecule has 0 spiro atoms. The second-order valence-electron chi connectivity index (χ2n) is 3.63. The van der Waals surface area contributed by atoms with E-state index in [0.29, 0.717) is 21.0 Å². The Bertz CT molecular complexity index is 438. The van der Waals surface area contributed by atoms with Crippen molar-refractivity contribution >= 4 is 46.7 Å². The standard InChI is InChI=1S/C10H16N4O2S3/c1-3-4-12-7(15)5-17-9-13-14-10(19-9)18-6(2)8(11)16/h6H,3-5H2,1-2H3,(H2,11,16)(H,12,15)/t6-/m0/s1. The summed E-state index contributed by atoms with van der Waals surface area (Å²) in [5.41, 5.74) is 5.17. The van der Waals surface area contributed by atoms with E-state index in [0.717, 1.165) is 6.42 Å². The smallest absolute Gasteiger partial charge is 0.230 e. The van der Waals surface area contributed by atoms with Gasteiger partial charge < -0.3 is 11.1 Å². The molecule has 0 bridgehead atoms. The Hall–Kier alpha value is -0.800. The maximum Gasteiger partial charge on any atom is 0.230 e. The third-order valence-electron chi connectivity index (χ3n) is 1.97. The molecule has 9 heteroatoms. The first-order valence-corrected chi connectivity index (χ1v) is 8.40. The Kier molecular flexibility index (Phi) is 7.17. The highest BCUT2D eigenvalue weighted by atomic mass is 32.2. The van der Waals surface area contributed by atoms with E-state index in [1.807, 2.05) is 6.92 Å². The van der Waals surface area contributed by atoms with E-state index in [2.05, 4.69) is 15.5 Å². The van der Waals surface area contributed by atoms with Crippen molar-refractivity contribution in [3.05, 3.63) is 0 Å². The third kappa shape index (κ3) is 6.26. The van der Waals surface area contributed by atoms with Crippen LogP contribution in [0.15, 0.2) is 8.68 Å². The molecule has 0 saturated heterocycles. The molecule has 0 saturated carbocycles. The van der Waals surface area contributed by atoms with Gasteiger partial charge in [-0.05, 0) is 13.3 Å². The van der Waals surface area contributed by atoms with E-state index in [4.69, 9.17) is 5.73 Å². The summed E-state index contributed by atoms with van der Waals surface area (Å²) in [6, 6.07) is 0. The van der Waals surface area contributed by atoms with E-state index >= 15 is 0 Å². The molecule has 1 aromatic heterocycles. The number of carbonyl (C=O) groups excluding carboxylic acids is 2. The number of nitrogens with zero attached hydrogens (tertiary/aromatic N) is 2. The van der Waals surface area contributed by atoms with Crippen molar-refractivity contribution < 1.29 is 9.59 Å². The number of hydrogen-bond acceptors (Lipinski definition) is 7. The Morgan fingerprint density at radius 1 is 1.42 bits per heavy atom. The van der Waals surface area contributed by atoms with Crippen molar-refractivity contribution in [2.24, 2.45) is 5.73 Å². The molecule has 2 amide bonds. The second-order valence-corrected chi connectivity index (χ2v) is 7.42. The Labute approximate surface area is 124 Å². The lowest BCUT2D eigenvalue weighted by molar-refractivity contribution is -0.118. The van der Waals surface area contributed by atoms with Crippen LogP contribution < -0.4 is 11.1 Å². The second kappa shape index (κ2) is 8.39. The van der Waals surface area contributed by atoms with Gasteiger partial charge in [-0.2, -0.15) is 0 Å². The lowest BCUT2D eigenvalue weighted by Crippen LogP contribution is -2.25. The van der Waals surface area contributed by atoms with E-state index in [-0.39, 0.29) is 17.1 Å². The normalized spacial score (nSPS) is 12.1. The predicted molar refractivity (Wildman–Crippen MR) is 78.4 cm³/mol. The molecule has 106 valence electrons. The molecule has 1 atom stereocenters. The van der Waals surface area contributed by atoms with Crippen molar-refractivity contribution in [2.75, 3.05) is 12.3 Å². The summed E-state index contributed by atoms with van der Waals surface area (Å²) in [6.07, 6.45) is 0.918. The van der Waals surface area contributed by atoms with Crippen LogP contribution in [0.3, 0.4) is 0 Å². The highest BCUT2D eigenvalue weighted by Gasteiger charge is 2.14. The van der Waals surface area contributed by atoms with E-state index in [9.17, 15) is 9.59 Å². The summed E-state index contributed by atoms with van der Waals surface area (Å²) in [6.45, 7) is 4.41. The van der Waals surface area contributed by atoms with Gasteiger partial charge in [0.25, 0.3) is 0 Å². The number of amides is 2. The minimum Gasteiger partial charge on any atom is -0.369 e. The van der Waals surface area contributed by atoms with Crippen molar-refractivity contribution in [2.45, 2.75) is 34.2 Å². The van der Waals surface area contributed by atoms with Gasteiger partial charge in [0, 0.05) is 6.54 Å². The van der Waals surface area contributed by atoms with Gasteiger partial charge in [0.05, 0.1) is 11.0 Å². The van der Waals surface area contributed by atoms with Gasteiger partial charge in [-0.15, -0.1) is 10.2 Å². The minimum atomic E-state index is -0.381. The van der Waals surface area contributed by atoms with Crippen LogP contribution in [0.2, 0.25) is 0 Å². The molecule has 0 unspecified atom stereocenters. The lowest BCUT2D eigenvalue weighted by Gasteiger charge is -2.01. The number of hydrogen-bond donors (Lipinski definition) is 2. The van der Waals surface area contributed by atoms with Gasteiger partial charge in [0.15, 0.2) is 8.68 Å². The van der Waals surface area contributed by atoms with E-state index in [1.165, 1.54) is 34.9 Å². The maximum absolute atomic E-state index is 11.4. The molecule has 0 aliphatic heterocycles. The van der Waals surface area contributed by atoms with Gasteiger partial charge in [-0.1, -0.05) is 41.8 Å². The van der Waals surface area contributed by atoms with Crippen molar-refractivity contribution in [3.8, 4) is 0 Å². The van der Waals surface area contributed by atoms with Crippen LogP contribution in [-0.2, 0) is 9.59 Å². The fraction of sp³-hybridized carbons (Fsp3) is 0.600. The molecule has 0 fully saturated rings. The number of rotatable bonds is 8. The van der Waals surface area contributed by atoms with Gasteiger partial charge in [0.1, 0.15) is 0 Å². The molecule has 0 aliphatic carbocycles. The molecule has 1 rings (SSSR count). The largest absolute Gasteiger partial charge is 0.369 e. The highest BCUT2D eigenvalue weighted by molar-refractivity contribution is 8.04. The van der Waals surface area contributed by atoms with Crippen LogP contribution in [0.25, 0.3) is 0 Å². The quantitative estimate of drug-likeness (QED) is 0.697. The summed E-state index contributed by atoms with van der Waals surface area (Å²) in [4.78, 5) is 22.3. The summed E-state index contributed by atoms with van der Waals surface area (Å²) >= 11 is 3.98. The van der Waals surface area contributed by atoms with E-state index in [1.54, 1.807) is 6.92 Å². The number of nitrogens with two attached hydrogens (primary N) is 1. The minimum absolute atomic E-state index is 0.0123. The predicted octanol–water partition coefficient (Wildman–Crippen LogP) is 1.12. The number of nitrogens with one attached hydrogen (secondary N) is 1. The van der Waals surface area contributed by atoms with Crippen LogP contribution >= 0.6 is 34.9 Å². The zero-order chi connectivity index (χ0) is 14.3. The number of aromatic nitrogens is 2. The van der Waals surface area contributed by atoms with Crippen LogP contribution in [0.1, 0.15) is 20.3 Å². The molecule has 0 aliphatic rings. The van der Waals surface area contributed by atoms with Crippen molar-refractivity contribution in [1.82, 2.24) is 15.5 Å². The summed E-state index contributed by atoms with van der Waals surface area (Å²) in [7, 11) is 0. The zero-order valence-corrected chi connectivity index (χ0v) is 13.2. The van der Waals surface area contributed by atoms with Crippen molar-refractivity contribution in [1.29, 1.82) is 0 Å². The van der Waals surface area contributed by atoms with Gasteiger partial charge >= 0.3 is 0 Å². The fourth-order valence-electron chi connectivity index (χ4n) is 0.955. The number of thioether (sulfide) groups is 2. The highest BCUT2D eigenvalue weighted by Crippen LogP contribution is 2.30. The fourth-order valence-corrected chi connectivity index (χ4v) is 3.90. The molecular weight excluding hydrogens is 304 g/mol. The summed E-state index contributed by atoms with van der Waals surface area (Å²) in [5.74, 6) is -0.0693. The molecule has 19 heavy (non-hydrogen) atoms. The molecule has 1 aromatic rings. The zero-order valence-electron chi connectivity index (χ0n) is 10.7. The molecular formula is C10H16N4O2S3. The van der Waals surface area contributed by atoms with Crippen LogP contribution in [0.5, 0.6) is 0 Å². The molecule has 3 N–H and O–H groups in total. The third-order valence-corrected chi connectivity index (χ3v) is 5.22. The summed E-state index contributed by atoms with van der Waals surface area (Å²) in [5, 5.41) is 10.4. The maximum atomic E-state index is 11.4. The molecule has 1 heterocycles. The SMILES string of the molecule is CCCNC(=O)CSc1nnc(S[C@@H](C)C(N)=O)s1. The Balaban J connectivity index is 2.38. The molecule has 0 radical (unpaired) electrons. The average Bonchev–Trinajstić information content (AvgIpc) is 2.81. The van der Waals surface area contributed by atoms with Gasteiger partial charge in [0.2, 0.25) is 11.8 Å². The summed E-state index contributed by atoms with van der Waals surface area (Å²) < 4.78 is 1.40.